The van der Waals surface area contributed by atoms with E-state index in [4.69, 9.17) is 33.2 Å². The first-order valence-corrected chi connectivity index (χ1v) is 16.9. The summed E-state index contributed by atoms with van der Waals surface area (Å²) in [6.45, 7) is -3.10. The van der Waals surface area contributed by atoms with Crippen LogP contribution in [-0.4, -0.2) is 232 Å². The quantitative estimate of drug-likeness (QED) is 0.0732. The largest absolute Gasteiger partial charge is 0.394 e. The normalized spacial score (nSPS) is 49.0. The number of hydrogen-bond acceptors (Lipinski definition) is 22. The van der Waals surface area contributed by atoms with E-state index in [1.54, 1.807) is 6.08 Å². The van der Waals surface area contributed by atoms with Crippen molar-refractivity contribution in [1.29, 1.82) is 0 Å². The first-order valence-electron chi connectivity index (χ1n) is 15.8. The summed E-state index contributed by atoms with van der Waals surface area (Å²) in [5, 5.41) is 142. The van der Waals surface area contributed by atoms with Gasteiger partial charge in [-0.15, -0.1) is 11.8 Å². The number of thioether (sulfide) groups is 1. The molecule has 0 bridgehead atoms. The summed E-state index contributed by atoms with van der Waals surface area (Å²) in [7, 11) is 0. The summed E-state index contributed by atoms with van der Waals surface area (Å²) in [4.78, 5) is 0. The molecular weight excluding hydrogens is 704 g/mol. The predicted octanol–water partition coefficient (Wildman–Crippen LogP) is -8.46. The molecule has 0 unspecified atom stereocenters. The maximum absolute atomic E-state index is 10.9. The molecule has 0 aromatic rings. The SMILES string of the molecule is OC[C@H]1O[C@@H](O[C@@H]2[C@@H](O)[C@H](SC/C=C/CO[C@@H]3O[C@H](CO)[C@@H](O)[C@H](O[C@@H]4O[C@H](CO)[C@@H](O)[C@H](O)[C@H]4O)[C@H]3O)O[C@H](CO)[C@H]2O)[C@H](O)[C@@H](O)[C@@H]1O. The van der Waals surface area contributed by atoms with Gasteiger partial charge in [0.2, 0.25) is 0 Å². The molecule has 0 radical (unpaired) electrons. The van der Waals surface area contributed by atoms with Gasteiger partial charge in [0.15, 0.2) is 18.9 Å². The van der Waals surface area contributed by atoms with E-state index in [1.165, 1.54) is 6.08 Å². The van der Waals surface area contributed by atoms with Gasteiger partial charge in [-0.25, -0.2) is 0 Å². The Morgan fingerprint density at radius 2 is 0.860 bits per heavy atom. The van der Waals surface area contributed by atoms with E-state index in [0.717, 1.165) is 11.8 Å². The van der Waals surface area contributed by atoms with Crippen molar-refractivity contribution in [3.63, 3.8) is 0 Å². The molecule has 292 valence electrons. The Bertz CT molecular complexity index is 965. The Balaban J connectivity index is 1.31. The lowest BCUT2D eigenvalue weighted by molar-refractivity contribution is -0.359. The van der Waals surface area contributed by atoms with Crippen molar-refractivity contribution in [3.05, 3.63) is 12.2 Å². The third-order valence-electron chi connectivity index (χ3n) is 8.80. The summed E-state index contributed by atoms with van der Waals surface area (Å²) in [5.74, 6) is 0.140. The van der Waals surface area contributed by atoms with Crippen molar-refractivity contribution in [2.45, 2.75) is 122 Å². The Labute approximate surface area is 289 Å². The summed E-state index contributed by atoms with van der Waals surface area (Å²) >= 11 is 1.00. The van der Waals surface area contributed by atoms with Gasteiger partial charge in [-0.2, -0.15) is 0 Å². The van der Waals surface area contributed by atoms with Crippen molar-refractivity contribution < 1.29 is 105 Å². The molecule has 20 atom stereocenters. The number of hydrogen-bond donors (Lipinski definition) is 14. The van der Waals surface area contributed by atoms with Gasteiger partial charge in [0.1, 0.15) is 103 Å². The molecule has 50 heavy (non-hydrogen) atoms. The van der Waals surface area contributed by atoms with Crippen LogP contribution in [0.2, 0.25) is 0 Å². The second-order valence-electron chi connectivity index (χ2n) is 12.1. The molecule has 0 aromatic carbocycles. The average molecular weight is 753 g/mol. The lowest BCUT2D eigenvalue weighted by atomic mass is 9.97. The fourth-order valence-corrected chi connectivity index (χ4v) is 6.82. The maximum Gasteiger partial charge on any atom is 0.187 e. The van der Waals surface area contributed by atoms with Crippen LogP contribution in [0, 0.1) is 0 Å². The number of rotatable bonds is 14. The van der Waals surface area contributed by atoms with E-state index in [1.807, 2.05) is 0 Å². The molecule has 21 nitrogen and oxygen atoms in total. The van der Waals surface area contributed by atoms with E-state index < -0.39 is 148 Å². The van der Waals surface area contributed by atoms with Crippen LogP contribution in [0.3, 0.4) is 0 Å². The smallest absolute Gasteiger partial charge is 0.187 e. The molecule has 4 rings (SSSR count). The highest BCUT2D eigenvalue weighted by molar-refractivity contribution is 7.99. The van der Waals surface area contributed by atoms with Crippen LogP contribution in [0.4, 0.5) is 0 Å². The third kappa shape index (κ3) is 9.30. The summed E-state index contributed by atoms with van der Waals surface area (Å²) in [6.07, 6.45) is -27.2. The highest BCUT2D eigenvalue weighted by Crippen LogP contribution is 2.33. The molecule has 4 saturated heterocycles. The molecule has 0 saturated carbocycles. The summed E-state index contributed by atoms with van der Waals surface area (Å²) < 4.78 is 38.3. The topological polar surface area (TPSA) is 348 Å². The van der Waals surface area contributed by atoms with Gasteiger partial charge in [0.05, 0.1) is 33.0 Å². The van der Waals surface area contributed by atoms with Crippen LogP contribution in [0.15, 0.2) is 12.2 Å². The minimum Gasteiger partial charge on any atom is -0.394 e. The minimum atomic E-state index is -1.83. The molecule has 4 aliphatic rings. The monoisotopic (exact) mass is 752 g/mol. The third-order valence-corrected chi connectivity index (χ3v) is 9.91. The molecule has 0 amide bonds. The van der Waals surface area contributed by atoms with Gasteiger partial charge in [0.25, 0.3) is 0 Å². The van der Waals surface area contributed by atoms with Gasteiger partial charge in [0, 0.05) is 5.75 Å². The number of ether oxygens (including phenoxy) is 7. The van der Waals surface area contributed by atoms with E-state index in [2.05, 4.69) is 0 Å². The molecule has 22 heteroatoms. The van der Waals surface area contributed by atoms with Crippen molar-refractivity contribution >= 4 is 11.8 Å². The zero-order valence-corrected chi connectivity index (χ0v) is 27.3. The van der Waals surface area contributed by atoms with Gasteiger partial charge in [-0.1, -0.05) is 12.2 Å². The lowest BCUT2D eigenvalue weighted by Crippen LogP contribution is -2.64. The highest BCUT2D eigenvalue weighted by Gasteiger charge is 2.52. The van der Waals surface area contributed by atoms with Crippen LogP contribution in [0.5, 0.6) is 0 Å². The summed E-state index contributed by atoms with van der Waals surface area (Å²) in [6, 6.07) is 0. The fourth-order valence-electron chi connectivity index (χ4n) is 5.81. The number of aliphatic hydroxyl groups excluding tert-OH is 14. The second-order valence-corrected chi connectivity index (χ2v) is 13.3. The molecule has 4 heterocycles. The molecular formula is C28H48O21S. The van der Waals surface area contributed by atoms with E-state index in [-0.39, 0.29) is 12.4 Å². The standard InChI is InChI=1S/C28H48O21S/c29-5-9-13(33)17(37)19(39)26(45-9)48-23-15(35)11(7-31)44-25(21(23)41)43-3-1-2-4-50-28-22(42)24(16(36)12(8-32)47-28)49-27-20(40)18(38)14(34)10(6-30)46-27/h1-2,9-42H,3-8H2/b2-1+/t9-,10-,11-,12-,13-,14-,15-,16-,17+,18+,19-,20-,21-,22-,23+,24+,25-,26+,27+,28+/m1/s1. The van der Waals surface area contributed by atoms with Gasteiger partial charge >= 0.3 is 0 Å². The lowest BCUT2D eigenvalue weighted by Gasteiger charge is -2.46. The molecule has 4 fully saturated rings. The Kier molecular flexibility index (Phi) is 16.0. The zero-order valence-electron chi connectivity index (χ0n) is 26.5. The highest BCUT2D eigenvalue weighted by atomic mass is 32.2. The molecule has 0 spiro atoms. The predicted molar refractivity (Wildman–Crippen MR) is 160 cm³/mol. The van der Waals surface area contributed by atoms with Crippen molar-refractivity contribution in [2.75, 3.05) is 38.8 Å². The van der Waals surface area contributed by atoms with Gasteiger partial charge in [-0.05, 0) is 0 Å². The Hall–Kier alpha value is -0.750. The van der Waals surface area contributed by atoms with E-state index in [9.17, 15) is 71.5 Å². The van der Waals surface area contributed by atoms with Crippen LogP contribution < -0.4 is 0 Å². The average Bonchev–Trinajstić information content (AvgIpc) is 3.11. The first kappa shape index (κ1) is 42.0. The summed E-state index contributed by atoms with van der Waals surface area (Å²) in [5.41, 5.74) is -1.10. The van der Waals surface area contributed by atoms with Crippen LogP contribution >= 0.6 is 11.8 Å². The second kappa shape index (κ2) is 19.0. The minimum absolute atomic E-state index is 0.140. The maximum atomic E-state index is 10.9. The van der Waals surface area contributed by atoms with Crippen molar-refractivity contribution in [1.82, 2.24) is 0 Å². The molecule has 0 aliphatic carbocycles. The van der Waals surface area contributed by atoms with Crippen LogP contribution in [-0.2, 0) is 33.2 Å². The number of aliphatic hydroxyl groups is 14. The molecule has 4 aliphatic heterocycles. The zero-order chi connectivity index (χ0) is 36.9. The van der Waals surface area contributed by atoms with E-state index in [0.29, 0.717) is 0 Å². The first-order chi connectivity index (χ1) is 23.8. The molecule has 14 N–H and O–H groups in total. The van der Waals surface area contributed by atoms with Gasteiger partial charge < -0.3 is 105 Å². The van der Waals surface area contributed by atoms with Crippen LogP contribution in [0.25, 0.3) is 0 Å². The Morgan fingerprint density at radius 3 is 1.34 bits per heavy atom. The molecule has 0 aromatic heterocycles. The van der Waals surface area contributed by atoms with Crippen molar-refractivity contribution in [3.8, 4) is 0 Å². The van der Waals surface area contributed by atoms with Crippen molar-refractivity contribution in [2.24, 2.45) is 0 Å². The fraction of sp³-hybridized carbons (Fsp3) is 0.929. The Morgan fingerprint density at radius 1 is 0.440 bits per heavy atom. The van der Waals surface area contributed by atoms with Gasteiger partial charge in [-0.3, -0.25) is 0 Å². The van der Waals surface area contributed by atoms with E-state index >= 15 is 0 Å². The van der Waals surface area contributed by atoms with Crippen LogP contribution in [0.1, 0.15) is 0 Å².